The largest absolute Gasteiger partial charge is 0.381 e. The van der Waals surface area contributed by atoms with Gasteiger partial charge in [0.2, 0.25) is 10.0 Å². The summed E-state index contributed by atoms with van der Waals surface area (Å²) in [5, 5.41) is 0. The van der Waals surface area contributed by atoms with Gasteiger partial charge in [-0.25, -0.2) is 17.5 Å². The summed E-state index contributed by atoms with van der Waals surface area (Å²) in [5.41, 5.74) is 0. The third-order valence-corrected chi connectivity index (χ3v) is 5.11. The fourth-order valence-electron chi connectivity index (χ4n) is 1.64. The standard InChI is InChI=1S/C13H17BrFNO3S/c14-12-5-4-11(8-13(12)15)20(17,18)16-6-1-7-19-9-10-2-3-10/h4-5,8,10,16H,1-3,6-7,9H2. The molecule has 0 aliphatic heterocycles. The fraction of sp³-hybridized carbons (Fsp3) is 0.538. The van der Waals surface area contributed by atoms with Crippen LogP contribution in [0.15, 0.2) is 27.6 Å². The Morgan fingerprint density at radius 3 is 2.80 bits per heavy atom. The van der Waals surface area contributed by atoms with E-state index in [0.717, 1.165) is 12.7 Å². The number of sulfonamides is 1. The number of halogens is 2. The molecular weight excluding hydrogens is 349 g/mol. The lowest BCUT2D eigenvalue weighted by Crippen LogP contribution is -2.25. The number of hydrogen-bond donors (Lipinski definition) is 1. The summed E-state index contributed by atoms with van der Waals surface area (Å²) in [6.07, 6.45) is 3.08. The second-order valence-electron chi connectivity index (χ2n) is 4.85. The summed E-state index contributed by atoms with van der Waals surface area (Å²) < 4.78 is 45.2. The summed E-state index contributed by atoms with van der Waals surface area (Å²) in [6, 6.07) is 3.73. The van der Waals surface area contributed by atoms with Crippen LogP contribution in [0.5, 0.6) is 0 Å². The van der Waals surface area contributed by atoms with Gasteiger partial charge in [-0.2, -0.15) is 0 Å². The average Bonchev–Trinajstić information content (AvgIpc) is 3.21. The van der Waals surface area contributed by atoms with Gasteiger partial charge >= 0.3 is 0 Å². The lowest BCUT2D eigenvalue weighted by molar-refractivity contribution is 0.123. The Morgan fingerprint density at radius 2 is 2.15 bits per heavy atom. The van der Waals surface area contributed by atoms with Crippen LogP contribution in [-0.2, 0) is 14.8 Å². The molecule has 7 heteroatoms. The molecule has 1 saturated carbocycles. The van der Waals surface area contributed by atoms with Gasteiger partial charge in [0, 0.05) is 19.8 Å². The number of benzene rings is 1. The van der Waals surface area contributed by atoms with Crippen LogP contribution in [0.2, 0.25) is 0 Å². The van der Waals surface area contributed by atoms with Crippen molar-refractivity contribution in [2.24, 2.45) is 5.92 Å². The molecule has 1 aliphatic carbocycles. The highest BCUT2D eigenvalue weighted by Gasteiger charge is 2.21. The van der Waals surface area contributed by atoms with Crippen molar-refractivity contribution in [2.45, 2.75) is 24.2 Å². The van der Waals surface area contributed by atoms with Crippen LogP contribution in [0.3, 0.4) is 0 Å². The first-order chi connectivity index (χ1) is 9.49. The Hall–Kier alpha value is -0.500. The Labute approximate surface area is 126 Å². The Morgan fingerprint density at radius 1 is 1.40 bits per heavy atom. The molecular formula is C13H17BrFNO3S. The van der Waals surface area contributed by atoms with E-state index in [2.05, 4.69) is 20.7 Å². The zero-order chi connectivity index (χ0) is 14.6. The van der Waals surface area contributed by atoms with Crippen LogP contribution in [0.25, 0.3) is 0 Å². The third-order valence-electron chi connectivity index (χ3n) is 3.01. The topological polar surface area (TPSA) is 55.4 Å². The second-order valence-corrected chi connectivity index (χ2v) is 7.47. The molecule has 1 fully saturated rings. The molecule has 0 atom stereocenters. The monoisotopic (exact) mass is 365 g/mol. The first-order valence-electron chi connectivity index (χ1n) is 6.51. The molecule has 2 rings (SSSR count). The van der Waals surface area contributed by atoms with Gasteiger partial charge in [0.1, 0.15) is 5.82 Å². The van der Waals surface area contributed by atoms with E-state index in [9.17, 15) is 12.8 Å². The minimum absolute atomic E-state index is 0.0721. The molecule has 0 amide bonds. The lowest BCUT2D eigenvalue weighted by atomic mass is 10.3. The SMILES string of the molecule is O=S(=O)(NCCCOCC1CC1)c1ccc(Br)c(F)c1. The quantitative estimate of drug-likeness (QED) is 0.720. The molecule has 112 valence electrons. The van der Waals surface area contributed by atoms with E-state index in [0.29, 0.717) is 18.9 Å². The zero-order valence-corrected chi connectivity index (χ0v) is 13.3. The van der Waals surface area contributed by atoms with E-state index in [4.69, 9.17) is 4.74 Å². The Balaban J connectivity index is 1.76. The molecule has 0 spiro atoms. The van der Waals surface area contributed by atoms with Gasteiger partial charge < -0.3 is 4.74 Å². The normalized spacial score (nSPS) is 15.5. The van der Waals surface area contributed by atoms with Crippen LogP contribution in [0.4, 0.5) is 4.39 Å². The van der Waals surface area contributed by atoms with E-state index in [1.165, 1.54) is 25.0 Å². The van der Waals surface area contributed by atoms with E-state index < -0.39 is 15.8 Å². The smallest absolute Gasteiger partial charge is 0.240 e. The Bertz CT molecular complexity index is 561. The van der Waals surface area contributed by atoms with Crippen LogP contribution < -0.4 is 4.72 Å². The van der Waals surface area contributed by atoms with E-state index in [1.54, 1.807) is 0 Å². The first-order valence-corrected chi connectivity index (χ1v) is 8.79. The van der Waals surface area contributed by atoms with Gasteiger partial charge in [-0.15, -0.1) is 0 Å². The maximum atomic E-state index is 13.3. The Kier molecular flexibility index (Phi) is 5.54. The van der Waals surface area contributed by atoms with Crippen LogP contribution >= 0.6 is 15.9 Å². The maximum Gasteiger partial charge on any atom is 0.240 e. The van der Waals surface area contributed by atoms with Crippen molar-refractivity contribution in [3.05, 3.63) is 28.5 Å². The summed E-state index contributed by atoms with van der Waals surface area (Å²) in [4.78, 5) is -0.0721. The van der Waals surface area contributed by atoms with Crippen LogP contribution in [-0.4, -0.2) is 28.2 Å². The molecule has 1 aromatic rings. The molecule has 1 aromatic carbocycles. The van der Waals surface area contributed by atoms with Gasteiger partial charge in [-0.1, -0.05) is 0 Å². The van der Waals surface area contributed by atoms with Gasteiger partial charge in [0.15, 0.2) is 0 Å². The number of ether oxygens (including phenoxy) is 1. The highest BCUT2D eigenvalue weighted by Crippen LogP contribution is 2.28. The van der Waals surface area contributed by atoms with Crippen molar-refractivity contribution < 1.29 is 17.5 Å². The zero-order valence-electron chi connectivity index (χ0n) is 10.9. The molecule has 1 aliphatic rings. The van der Waals surface area contributed by atoms with Crippen molar-refractivity contribution in [3.63, 3.8) is 0 Å². The van der Waals surface area contributed by atoms with Crippen LogP contribution in [0.1, 0.15) is 19.3 Å². The average molecular weight is 366 g/mol. The second kappa shape index (κ2) is 6.98. The molecule has 0 saturated heterocycles. The number of hydrogen-bond acceptors (Lipinski definition) is 3. The van der Waals surface area contributed by atoms with Gasteiger partial charge in [-0.05, 0) is 59.3 Å². The minimum atomic E-state index is -3.66. The maximum absolute atomic E-state index is 13.3. The highest BCUT2D eigenvalue weighted by molar-refractivity contribution is 9.10. The molecule has 1 N–H and O–H groups in total. The minimum Gasteiger partial charge on any atom is -0.381 e. The van der Waals surface area contributed by atoms with E-state index in [1.807, 2.05) is 0 Å². The first kappa shape index (κ1) is 15.9. The van der Waals surface area contributed by atoms with E-state index >= 15 is 0 Å². The van der Waals surface area contributed by atoms with Crippen molar-refractivity contribution in [1.82, 2.24) is 4.72 Å². The van der Waals surface area contributed by atoms with Crippen LogP contribution in [0, 0.1) is 11.7 Å². The van der Waals surface area contributed by atoms with Crippen molar-refractivity contribution in [2.75, 3.05) is 19.8 Å². The lowest BCUT2D eigenvalue weighted by Gasteiger charge is -2.07. The molecule has 0 heterocycles. The predicted molar refractivity (Wildman–Crippen MR) is 77.4 cm³/mol. The molecule has 0 aromatic heterocycles. The summed E-state index contributed by atoms with van der Waals surface area (Å²) in [7, 11) is -3.66. The summed E-state index contributed by atoms with van der Waals surface area (Å²) in [5.74, 6) is 0.109. The van der Waals surface area contributed by atoms with Crippen molar-refractivity contribution in [3.8, 4) is 0 Å². The molecule has 0 radical (unpaired) electrons. The number of nitrogens with one attached hydrogen (secondary N) is 1. The summed E-state index contributed by atoms with van der Waals surface area (Å²) >= 11 is 2.99. The molecule has 0 bridgehead atoms. The fourth-order valence-corrected chi connectivity index (χ4v) is 2.97. The van der Waals surface area contributed by atoms with Crippen molar-refractivity contribution in [1.29, 1.82) is 0 Å². The third kappa shape index (κ3) is 4.80. The van der Waals surface area contributed by atoms with Gasteiger partial charge in [0.25, 0.3) is 0 Å². The highest BCUT2D eigenvalue weighted by atomic mass is 79.9. The van der Waals surface area contributed by atoms with Gasteiger partial charge in [-0.3, -0.25) is 0 Å². The van der Waals surface area contributed by atoms with Gasteiger partial charge in [0.05, 0.1) is 9.37 Å². The summed E-state index contributed by atoms with van der Waals surface area (Å²) in [6.45, 7) is 1.59. The number of rotatable bonds is 8. The molecule has 4 nitrogen and oxygen atoms in total. The molecule has 20 heavy (non-hydrogen) atoms. The molecule has 0 unspecified atom stereocenters. The predicted octanol–water partition coefficient (Wildman–Crippen LogP) is 2.68. The van der Waals surface area contributed by atoms with E-state index in [-0.39, 0.29) is 15.9 Å². The van der Waals surface area contributed by atoms with Crippen molar-refractivity contribution >= 4 is 26.0 Å².